The molecule has 0 bridgehead atoms. The molecule has 6 rings (SSSR count). The maximum atomic E-state index is 14.5. The smallest absolute Gasteiger partial charge is 0.294 e. The maximum absolute atomic E-state index is 14.5. The van der Waals surface area contributed by atoms with Gasteiger partial charge in [0.25, 0.3) is 11.5 Å². The van der Waals surface area contributed by atoms with Crippen LogP contribution in [0.1, 0.15) is 22.3 Å². The van der Waals surface area contributed by atoms with E-state index < -0.39 is 46.0 Å². The van der Waals surface area contributed by atoms with Crippen LogP contribution in [-0.2, 0) is 22.6 Å². The number of hydrogen-bond donors (Lipinski definition) is 1. The zero-order chi connectivity index (χ0) is 33.8. The third kappa shape index (κ3) is 7.04. The van der Waals surface area contributed by atoms with E-state index in [1.54, 1.807) is 41.3 Å². The summed E-state index contributed by atoms with van der Waals surface area (Å²) in [6.45, 7) is 1.46. The molecule has 0 unspecified atom stereocenters. The van der Waals surface area contributed by atoms with Crippen molar-refractivity contribution in [2.24, 2.45) is 0 Å². The predicted molar refractivity (Wildman–Crippen MR) is 171 cm³/mol. The van der Waals surface area contributed by atoms with Crippen molar-refractivity contribution in [2.45, 2.75) is 13.0 Å². The van der Waals surface area contributed by atoms with Gasteiger partial charge < -0.3 is 19.5 Å². The Morgan fingerprint density at radius 3 is 2.17 bits per heavy atom. The molecule has 1 aliphatic rings. The Bertz CT molecular complexity index is 2020. The highest BCUT2D eigenvalue weighted by Gasteiger charge is 2.26. The first kappa shape index (κ1) is 32.0. The normalized spacial score (nSPS) is 13.5. The Labute approximate surface area is 272 Å². The molecular weight excluding hydrogens is 625 g/mol. The lowest BCUT2D eigenvalue weighted by Crippen LogP contribution is -2.50. The molecular formula is C35H29F3N6O4. The van der Waals surface area contributed by atoms with E-state index in [1.807, 2.05) is 24.3 Å². The summed E-state index contributed by atoms with van der Waals surface area (Å²) in [5.74, 6) is -5.95. The lowest BCUT2D eigenvalue weighted by molar-refractivity contribution is -0.142. The summed E-state index contributed by atoms with van der Waals surface area (Å²) in [6.07, 6.45) is 4.72. The van der Waals surface area contributed by atoms with Gasteiger partial charge in [0, 0.05) is 68.3 Å². The van der Waals surface area contributed by atoms with E-state index in [9.17, 15) is 32.7 Å². The monoisotopic (exact) mass is 654 g/mol. The third-order valence-electron chi connectivity index (χ3n) is 8.04. The van der Waals surface area contributed by atoms with Crippen LogP contribution in [0.5, 0.6) is 0 Å². The molecule has 1 saturated heterocycles. The minimum atomic E-state index is -1.11. The number of amides is 1. The van der Waals surface area contributed by atoms with Crippen molar-refractivity contribution in [3.63, 3.8) is 0 Å². The number of halogens is 3. The molecule has 3 heterocycles. The number of rotatable bonds is 9. The quantitative estimate of drug-likeness (QED) is 0.143. The fraction of sp³-hybridized carbons (Fsp3) is 0.171. The van der Waals surface area contributed by atoms with Crippen LogP contribution in [0.2, 0.25) is 0 Å². The standard InChI is InChI=1S/C35H29F3N6O4/c36-25-16-30(37)28(31(38)17-25)14-24-15-29(34(47)43(20-24)19-23-4-2-1-3-5-23)32(45)18-33(46)35(48)42-12-10-41(11-13-42)26-6-8-27(9-7-26)44-22-39-21-40-44/h1-9,15-18,20-22,45H,10-14,19H2/b32-18+. The summed E-state index contributed by atoms with van der Waals surface area (Å²) in [6, 6.07) is 18.8. The summed E-state index contributed by atoms with van der Waals surface area (Å²) in [7, 11) is 0. The molecule has 2 aromatic heterocycles. The molecule has 3 aromatic carbocycles. The minimum Gasteiger partial charge on any atom is -0.507 e. The van der Waals surface area contributed by atoms with E-state index in [0.29, 0.717) is 31.3 Å². The Hall–Kier alpha value is -5.98. The highest BCUT2D eigenvalue weighted by atomic mass is 19.1. The van der Waals surface area contributed by atoms with Gasteiger partial charge in [-0.2, -0.15) is 5.10 Å². The van der Waals surface area contributed by atoms with Crippen molar-refractivity contribution in [3.05, 3.63) is 148 Å². The van der Waals surface area contributed by atoms with Crippen LogP contribution < -0.4 is 10.5 Å². The average molecular weight is 655 g/mol. The molecule has 0 aliphatic carbocycles. The van der Waals surface area contributed by atoms with E-state index in [-0.39, 0.29) is 37.2 Å². The van der Waals surface area contributed by atoms with E-state index in [4.69, 9.17) is 0 Å². The zero-order valence-corrected chi connectivity index (χ0v) is 25.5. The molecule has 1 amide bonds. The van der Waals surface area contributed by atoms with Gasteiger partial charge in [-0.05, 0) is 41.5 Å². The van der Waals surface area contributed by atoms with Crippen LogP contribution in [0.4, 0.5) is 18.9 Å². The van der Waals surface area contributed by atoms with Gasteiger partial charge in [-0.1, -0.05) is 30.3 Å². The van der Waals surface area contributed by atoms with Gasteiger partial charge in [-0.15, -0.1) is 0 Å². The first-order chi connectivity index (χ1) is 23.2. The van der Waals surface area contributed by atoms with Crippen molar-refractivity contribution in [2.75, 3.05) is 31.1 Å². The van der Waals surface area contributed by atoms with Crippen LogP contribution >= 0.6 is 0 Å². The van der Waals surface area contributed by atoms with Crippen molar-refractivity contribution in [3.8, 4) is 5.69 Å². The molecule has 10 nitrogen and oxygen atoms in total. The van der Waals surface area contributed by atoms with Gasteiger partial charge in [0.15, 0.2) is 0 Å². The average Bonchev–Trinajstić information content (AvgIpc) is 3.63. The summed E-state index contributed by atoms with van der Waals surface area (Å²) < 4.78 is 45.4. The number of pyridine rings is 1. The highest BCUT2D eigenvalue weighted by molar-refractivity contribution is 6.41. The topological polar surface area (TPSA) is 114 Å². The van der Waals surface area contributed by atoms with Gasteiger partial charge in [0.05, 0.1) is 17.8 Å². The Morgan fingerprint density at radius 2 is 1.52 bits per heavy atom. The van der Waals surface area contributed by atoms with E-state index in [2.05, 4.69) is 15.0 Å². The molecule has 1 aliphatic heterocycles. The molecule has 0 radical (unpaired) electrons. The van der Waals surface area contributed by atoms with Gasteiger partial charge in [0.1, 0.15) is 35.9 Å². The lowest BCUT2D eigenvalue weighted by Gasteiger charge is -2.35. The van der Waals surface area contributed by atoms with E-state index in [0.717, 1.165) is 16.9 Å². The molecule has 13 heteroatoms. The molecule has 48 heavy (non-hydrogen) atoms. The third-order valence-corrected chi connectivity index (χ3v) is 8.04. The fourth-order valence-corrected chi connectivity index (χ4v) is 5.57. The van der Waals surface area contributed by atoms with Crippen LogP contribution in [0.15, 0.2) is 103 Å². The zero-order valence-electron chi connectivity index (χ0n) is 25.5. The van der Waals surface area contributed by atoms with E-state index >= 15 is 0 Å². The molecule has 244 valence electrons. The van der Waals surface area contributed by atoms with Crippen molar-refractivity contribution in [1.29, 1.82) is 0 Å². The van der Waals surface area contributed by atoms with E-state index in [1.165, 1.54) is 28.1 Å². The summed E-state index contributed by atoms with van der Waals surface area (Å²) in [4.78, 5) is 46.9. The second-order valence-electron chi connectivity index (χ2n) is 11.2. The predicted octanol–water partition coefficient (Wildman–Crippen LogP) is 4.30. The number of carbonyl (C=O) groups is 2. The van der Waals surface area contributed by atoms with Crippen molar-refractivity contribution in [1.82, 2.24) is 24.2 Å². The lowest BCUT2D eigenvalue weighted by atomic mass is 10.0. The number of aromatic nitrogens is 4. The molecule has 1 N–H and O–H groups in total. The highest BCUT2D eigenvalue weighted by Crippen LogP contribution is 2.22. The number of aliphatic hydroxyl groups excluding tert-OH is 1. The molecule has 5 aromatic rings. The minimum absolute atomic E-state index is 0.0442. The SMILES string of the molecule is O=C(/C=C(/O)c1cc(Cc2c(F)cc(F)cc2F)cn(Cc2ccccc2)c1=O)C(=O)N1CCN(c2ccc(-n3cncn3)cc2)CC1. The first-order valence-corrected chi connectivity index (χ1v) is 15.0. The Kier molecular flexibility index (Phi) is 9.19. The Morgan fingerprint density at radius 1 is 0.854 bits per heavy atom. The van der Waals surface area contributed by atoms with Crippen LogP contribution in [0.25, 0.3) is 11.4 Å². The molecule has 0 atom stereocenters. The number of hydrogen-bond acceptors (Lipinski definition) is 7. The summed E-state index contributed by atoms with van der Waals surface area (Å²) in [5, 5.41) is 15.1. The first-order valence-electron chi connectivity index (χ1n) is 15.0. The molecule has 0 saturated carbocycles. The van der Waals surface area contributed by atoms with Crippen LogP contribution in [0.3, 0.4) is 0 Å². The summed E-state index contributed by atoms with van der Waals surface area (Å²) >= 11 is 0. The summed E-state index contributed by atoms with van der Waals surface area (Å²) in [5.41, 5.74) is 1.23. The number of nitrogens with zero attached hydrogens (tertiary/aromatic N) is 6. The second kappa shape index (κ2) is 13.8. The van der Waals surface area contributed by atoms with Crippen molar-refractivity contribution >= 4 is 23.1 Å². The maximum Gasteiger partial charge on any atom is 0.294 e. The number of anilines is 1. The van der Waals surface area contributed by atoms with Gasteiger partial charge in [-0.3, -0.25) is 14.4 Å². The largest absolute Gasteiger partial charge is 0.507 e. The van der Waals surface area contributed by atoms with Gasteiger partial charge in [-0.25, -0.2) is 22.8 Å². The number of carbonyl (C=O) groups excluding carboxylic acids is 2. The van der Waals surface area contributed by atoms with Gasteiger partial charge in [0.2, 0.25) is 5.78 Å². The fourth-order valence-electron chi connectivity index (χ4n) is 5.57. The number of ketones is 1. The number of benzene rings is 3. The molecule has 0 spiro atoms. The molecule has 1 fully saturated rings. The van der Waals surface area contributed by atoms with Crippen molar-refractivity contribution < 1.29 is 27.9 Å². The van der Waals surface area contributed by atoms with Gasteiger partial charge >= 0.3 is 0 Å². The Balaban J connectivity index is 1.19. The van der Waals surface area contributed by atoms with Crippen LogP contribution in [0, 0.1) is 17.5 Å². The number of piperazine rings is 1. The second-order valence-corrected chi connectivity index (χ2v) is 11.2. The number of aliphatic hydroxyl groups is 1. The van der Waals surface area contributed by atoms with Crippen LogP contribution in [-0.4, -0.2) is 67.2 Å².